The highest BCUT2D eigenvalue weighted by atomic mass is 16.3. The lowest BCUT2D eigenvalue weighted by Crippen LogP contribution is -2.41. The summed E-state index contributed by atoms with van der Waals surface area (Å²) in [4.78, 5) is 28.7. The lowest BCUT2D eigenvalue weighted by Gasteiger charge is -2.22. The van der Waals surface area contributed by atoms with Gasteiger partial charge in [0.1, 0.15) is 5.76 Å². The normalized spacial score (nSPS) is 12.2. The summed E-state index contributed by atoms with van der Waals surface area (Å²) in [6.07, 6.45) is 1.61. The largest absolute Gasteiger partial charge is 0.468 e. The van der Waals surface area contributed by atoms with Gasteiger partial charge in [0.15, 0.2) is 0 Å². The van der Waals surface area contributed by atoms with E-state index in [4.69, 9.17) is 4.42 Å². The van der Waals surface area contributed by atoms with Crippen LogP contribution in [0.15, 0.2) is 33.7 Å². The third kappa shape index (κ3) is 4.48. The van der Waals surface area contributed by atoms with Crippen LogP contribution in [0.2, 0.25) is 0 Å². The first-order valence-electron chi connectivity index (χ1n) is 7.79. The summed E-state index contributed by atoms with van der Waals surface area (Å²) in [5.41, 5.74) is 2.05. The zero-order valence-corrected chi connectivity index (χ0v) is 14.5. The number of aryl methyl sites for hydroxylation is 2. The number of amides is 2. The summed E-state index contributed by atoms with van der Waals surface area (Å²) < 4.78 is 5.40. The molecule has 0 bridgehead atoms. The lowest BCUT2D eigenvalue weighted by molar-refractivity contribution is 0.225. The molecule has 0 aliphatic carbocycles. The SMILES string of the molecule is Cc1cc(C)c(CNC(=O)NCC(c2ccco2)N(C)C)c(=O)[nH]1. The maximum atomic E-state index is 12.0. The molecule has 2 aromatic rings. The van der Waals surface area contributed by atoms with Crippen molar-refractivity contribution in [1.29, 1.82) is 0 Å². The van der Waals surface area contributed by atoms with Gasteiger partial charge in [-0.2, -0.15) is 0 Å². The Labute approximate surface area is 141 Å². The Hall–Kier alpha value is -2.54. The number of carbonyl (C=O) groups excluding carboxylic acids is 1. The molecule has 0 fully saturated rings. The average molecular weight is 332 g/mol. The van der Waals surface area contributed by atoms with Gasteiger partial charge in [0.2, 0.25) is 0 Å². The molecule has 0 radical (unpaired) electrons. The minimum atomic E-state index is -0.326. The number of pyridine rings is 1. The molecule has 1 atom stereocenters. The molecule has 130 valence electrons. The molecule has 0 saturated heterocycles. The summed E-state index contributed by atoms with van der Waals surface area (Å²) in [5, 5.41) is 5.53. The Bertz CT molecular complexity index is 735. The van der Waals surface area contributed by atoms with Gasteiger partial charge in [-0.05, 0) is 51.7 Å². The van der Waals surface area contributed by atoms with Crippen molar-refractivity contribution in [2.45, 2.75) is 26.4 Å². The third-order valence-corrected chi connectivity index (χ3v) is 3.87. The smallest absolute Gasteiger partial charge is 0.315 e. The van der Waals surface area contributed by atoms with E-state index in [1.54, 1.807) is 6.26 Å². The summed E-state index contributed by atoms with van der Waals surface area (Å²) in [6, 6.07) is 5.19. The molecule has 0 aliphatic heterocycles. The van der Waals surface area contributed by atoms with E-state index >= 15 is 0 Å². The molecule has 24 heavy (non-hydrogen) atoms. The summed E-state index contributed by atoms with van der Waals surface area (Å²) in [6.45, 7) is 4.26. The molecule has 0 spiro atoms. The molecule has 7 nitrogen and oxygen atoms in total. The zero-order chi connectivity index (χ0) is 17.7. The van der Waals surface area contributed by atoms with Gasteiger partial charge in [0.25, 0.3) is 5.56 Å². The monoisotopic (exact) mass is 332 g/mol. The number of furan rings is 1. The van der Waals surface area contributed by atoms with Crippen molar-refractivity contribution < 1.29 is 9.21 Å². The highest BCUT2D eigenvalue weighted by Crippen LogP contribution is 2.17. The van der Waals surface area contributed by atoms with Crippen molar-refractivity contribution in [3.05, 3.63) is 57.4 Å². The van der Waals surface area contributed by atoms with Crippen LogP contribution in [-0.2, 0) is 6.54 Å². The fourth-order valence-corrected chi connectivity index (χ4v) is 2.54. The number of H-pyrrole nitrogens is 1. The summed E-state index contributed by atoms with van der Waals surface area (Å²) in [5.74, 6) is 0.783. The summed E-state index contributed by atoms with van der Waals surface area (Å²) >= 11 is 0. The van der Waals surface area contributed by atoms with Gasteiger partial charge < -0.3 is 20.0 Å². The van der Waals surface area contributed by atoms with E-state index in [9.17, 15) is 9.59 Å². The van der Waals surface area contributed by atoms with E-state index < -0.39 is 0 Å². The highest BCUT2D eigenvalue weighted by Gasteiger charge is 2.17. The molecular formula is C17H24N4O3. The van der Waals surface area contributed by atoms with Crippen LogP contribution in [0.5, 0.6) is 0 Å². The topological polar surface area (TPSA) is 90.4 Å². The van der Waals surface area contributed by atoms with Crippen molar-refractivity contribution >= 4 is 6.03 Å². The van der Waals surface area contributed by atoms with Gasteiger partial charge in [0.05, 0.1) is 18.8 Å². The quantitative estimate of drug-likeness (QED) is 0.751. The van der Waals surface area contributed by atoms with E-state index in [0.29, 0.717) is 12.1 Å². The second-order valence-electron chi connectivity index (χ2n) is 6.00. The van der Waals surface area contributed by atoms with Crippen molar-refractivity contribution in [3.8, 4) is 0 Å². The standard InChI is InChI=1S/C17H24N4O3/c1-11-8-12(2)20-16(22)13(11)9-18-17(23)19-10-14(21(3)4)15-6-5-7-24-15/h5-8,14H,9-10H2,1-4H3,(H,20,22)(H2,18,19,23). The molecule has 2 aromatic heterocycles. The zero-order valence-electron chi connectivity index (χ0n) is 14.5. The van der Waals surface area contributed by atoms with Gasteiger partial charge >= 0.3 is 6.03 Å². The molecule has 2 heterocycles. The van der Waals surface area contributed by atoms with Crippen LogP contribution in [-0.4, -0.2) is 36.6 Å². The first-order chi connectivity index (χ1) is 11.4. The molecule has 2 rings (SSSR count). The first-order valence-corrected chi connectivity index (χ1v) is 7.79. The van der Waals surface area contributed by atoms with Crippen LogP contribution in [0.3, 0.4) is 0 Å². The molecule has 0 saturated carbocycles. The van der Waals surface area contributed by atoms with E-state index in [2.05, 4.69) is 15.6 Å². The molecule has 2 amide bonds. The van der Waals surface area contributed by atoms with E-state index in [0.717, 1.165) is 17.0 Å². The van der Waals surface area contributed by atoms with Gasteiger partial charge in [-0.1, -0.05) is 0 Å². The molecule has 1 unspecified atom stereocenters. The number of nitrogens with zero attached hydrogens (tertiary/aromatic N) is 1. The summed E-state index contributed by atoms with van der Waals surface area (Å²) in [7, 11) is 3.84. The molecule has 0 aliphatic rings. The van der Waals surface area contributed by atoms with E-state index in [1.807, 2.05) is 51.0 Å². The van der Waals surface area contributed by atoms with Crippen LogP contribution in [0.25, 0.3) is 0 Å². The predicted molar refractivity (Wildman–Crippen MR) is 91.9 cm³/mol. The van der Waals surface area contributed by atoms with Crippen LogP contribution >= 0.6 is 0 Å². The van der Waals surface area contributed by atoms with Gasteiger partial charge in [0, 0.05) is 17.8 Å². The Balaban J connectivity index is 1.91. The fourth-order valence-electron chi connectivity index (χ4n) is 2.54. The van der Waals surface area contributed by atoms with Crippen molar-refractivity contribution in [1.82, 2.24) is 20.5 Å². The van der Waals surface area contributed by atoms with Gasteiger partial charge in [-0.25, -0.2) is 4.79 Å². The third-order valence-electron chi connectivity index (χ3n) is 3.87. The number of rotatable bonds is 6. The second kappa shape index (κ2) is 7.83. The number of nitrogens with one attached hydrogen (secondary N) is 3. The lowest BCUT2D eigenvalue weighted by atomic mass is 10.1. The van der Waals surface area contributed by atoms with Crippen molar-refractivity contribution in [2.24, 2.45) is 0 Å². The van der Waals surface area contributed by atoms with Gasteiger partial charge in [-0.3, -0.25) is 9.69 Å². The highest BCUT2D eigenvalue weighted by molar-refractivity contribution is 5.73. The number of carbonyl (C=O) groups is 1. The molecule has 0 aromatic carbocycles. The van der Waals surface area contributed by atoms with Crippen LogP contribution < -0.4 is 16.2 Å². The molecule has 7 heteroatoms. The van der Waals surface area contributed by atoms with Crippen LogP contribution in [0.1, 0.15) is 28.6 Å². The molecule has 3 N–H and O–H groups in total. The second-order valence-corrected chi connectivity index (χ2v) is 6.00. The fraction of sp³-hybridized carbons (Fsp3) is 0.412. The van der Waals surface area contributed by atoms with Crippen LogP contribution in [0.4, 0.5) is 4.79 Å². The average Bonchev–Trinajstić information content (AvgIpc) is 3.00. The Kier molecular flexibility index (Phi) is 5.81. The minimum Gasteiger partial charge on any atom is -0.468 e. The number of aromatic amines is 1. The number of likely N-dealkylation sites (N-methyl/N-ethyl adjacent to an activating group) is 1. The van der Waals surface area contributed by atoms with Crippen molar-refractivity contribution in [3.63, 3.8) is 0 Å². The molecular weight excluding hydrogens is 308 g/mol. The van der Waals surface area contributed by atoms with Crippen molar-refractivity contribution in [2.75, 3.05) is 20.6 Å². The number of hydrogen-bond acceptors (Lipinski definition) is 4. The number of urea groups is 1. The van der Waals surface area contributed by atoms with Gasteiger partial charge in [-0.15, -0.1) is 0 Å². The maximum absolute atomic E-state index is 12.0. The first kappa shape index (κ1) is 17.8. The Morgan fingerprint density at radius 2 is 2.08 bits per heavy atom. The minimum absolute atomic E-state index is 0.0599. The van der Waals surface area contributed by atoms with E-state index in [1.165, 1.54) is 0 Å². The maximum Gasteiger partial charge on any atom is 0.315 e. The number of aromatic nitrogens is 1. The van der Waals surface area contributed by atoms with Crippen LogP contribution in [0, 0.1) is 13.8 Å². The Morgan fingerprint density at radius 3 is 2.67 bits per heavy atom. The Morgan fingerprint density at radius 1 is 1.33 bits per heavy atom. The number of hydrogen-bond donors (Lipinski definition) is 3. The predicted octanol–water partition coefficient (Wildman–Crippen LogP) is 1.69. The van der Waals surface area contributed by atoms with E-state index in [-0.39, 0.29) is 24.2 Å².